The zero-order valence-electron chi connectivity index (χ0n) is 10.4. The van der Waals surface area contributed by atoms with Gasteiger partial charge in [0.2, 0.25) is 0 Å². The molecule has 0 amide bonds. The molecule has 8 heteroatoms. The first kappa shape index (κ1) is 13.4. The average molecular weight is 320 g/mol. The van der Waals surface area contributed by atoms with Gasteiger partial charge in [0, 0.05) is 18.1 Å². The number of imidazole rings is 1. The molecule has 2 aromatic heterocycles. The number of hydrogen-bond acceptors (Lipinski definition) is 4. The first-order chi connectivity index (χ1) is 8.97. The smallest absolute Gasteiger partial charge is 0.259 e. The van der Waals surface area contributed by atoms with Gasteiger partial charge >= 0.3 is 0 Å². The maximum Gasteiger partial charge on any atom is 0.259 e. The lowest BCUT2D eigenvalue weighted by atomic mass is 10.1. The Morgan fingerprint density at radius 2 is 2.32 bits per heavy atom. The Bertz CT molecular complexity index is 715. The van der Waals surface area contributed by atoms with E-state index in [4.69, 9.17) is 11.6 Å². The molecule has 104 valence electrons. The molecule has 0 radical (unpaired) electrons. The van der Waals surface area contributed by atoms with Gasteiger partial charge in [0.05, 0.1) is 0 Å². The minimum atomic E-state index is -3.62. The van der Waals surface area contributed by atoms with E-state index >= 15 is 0 Å². The second kappa shape index (κ2) is 4.44. The van der Waals surface area contributed by atoms with E-state index in [0.717, 1.165) is 19.3 Å². The third-order valence-electron chi connectivity index (χ3n) is 3.78. The highest BCUT2D eigenvalue weighted by atomic mass is 35.5. The van der Waals surface area contributed by atoms with Crippen LogP contribution >= 0.6 is 22.9 Å². The van der Waals surface area contributed by atoms with E-state index in [1.807, 2.05) is 0 Å². The fraction of sp³-hybridized carbons (Fsp3) is 0.545. The Labute approximate surface area is 120 Å². The monoisotopic (exact) mass is 319 g/mol. The van der Waals surface area contributed by atoms with E-state index in [2.05, 4.69) is 16.6 Å². The summed E-state index contributed by atoms with van der Waals surface area (Å²) in [4.78, 5) is 4.63. The van der Waals surface area contributed by atoms with E-state index in [1.54, 1.807) is 11.6 Å². The third-order valence-corrected chi connectivity index (χ3v) is 6.33. The van der Waals surface area contributed by atoms with Crippen molar-refractivity contribution in [3.05, 3.63) is 16.7 Å². The van der Waals surface area contributed by atoms with Gasteiger partial charge in [-0.15, -0.1) is 11.3 Å². The SMILES string of the molecule is CCC1(CNS(=O)(=O)c2c(Cl)nc3sccn23)CC1. The zero-order chi connectivity index (χ0) is 13.7. The molecule has 1 aliphatic carbocycles. The van der Waals surface area contributed by atoms with Crippen LogP contribution in [0.3, 0.4) is 0 Å². The van der Waals surface area contributed by atoms with Gasteiger partial charge in [-0.05, 0) is 24.7 Å². The molecule has 1 fully saturated rings. The van der Waals surface area contributed by atoms with Crippen molar-refractivity contribution >= 4 is 37.9 Å². The summed E-state index contributed by atoms with van der Waals surface area (Å²) in [5.41, 5.74) is 0.151. The molecule has 0 unspecified atom stereocenters. The van der Waals surface area contributed by atoms with Crippen LogP contribution in [0, 0.1) is 5.41 Å². The van der Waals surface area contributed by atoms with Gasteiger partial charge in [-0.3, -0.25) is 4.40 Å². The summed E-state index contributed by atoms with van der Waals surface area (Å²) in [6, 6.07) is 0. The quantitative estimate of drug-likeness (QED) is 0.921. The number of rotatable bonds is 5. The zero-order valence-corrected chi connectivity index (χ0v) is 12.8. The maximum atomic E-state index is 12.4. The van der Waals surface area contributed by atoms with Crippen LogP contribution < -0.4 is 4.72 Å². The van der Waals surface area contributed by atoms with Crippen LogP contribution in [-0.4, -0.2) is 24.3 Å². The van der Waals surface area contributed by atoms with Crippen LogP contribution in [0.2, 0.25) is 5.15 Å². The molecule has 2 aromatic rings. The fourth-order valence-corrected chi connectivity index (χ4v) is 4.73. The summed E-state index contributed by atoms with van der Waals surface area (Å²) in [6.45, 7) is 2.56. The molecular formula is C11H14ClN3O2S2. The van der Waals surface area contributed by atoms with Crippen LogP contribution in [0.15, 0.2) is 16.6 Å². The van der Waals surface area contributed by atoms with E-state index < -0.39 is 10.0 Å². The molecule has 0 spiro atoms. The molecule has 1 aliphatic rings. The maximum absolute atomic E-state index is 12.4. The summed E-state index contributed by atoms with van der Waals surface area (Å²) in [5, 5.41) is 1.85. The highest BCUT2D eigenvalue weighted by Crippen LogP contribution is 2.48. The number of fused-ring (bicyclic) bond motifs is 1. The van der Waals surface area contributed by atoms with E-state index in [-0.39, 0.29) is 15.6 Å². The predicted octanol–water partition coefficient (Wildman–Crippen LogP) is 2.52. The Kier molecular flexibility index (Phi) is 3.12. The first-order valence-electron chi connectivity index (χ1n) is 6.08. The Morgan fingerprint density at radius 3 is 2.95 bits per heavy atom. The van der Waals surface area contributed by atoms with Crippen LogP contribution in [0.5, 0.6) is 0 Å². The summed E-state index contributed by atoms with van der Waals surface area (Å²) >= 11 is 7.30. The summed E-state index contributed by atoms with van der Waals surface area (Å²) < 4.78 is 28.9. The molecular weight excluding hydrogens is 306 g/mol. The first-order valence-corrected chi connectivity index (χ1v) is 8.82. The predicted molar refractivity (Wildman–Crippen MR) is 75.2 cm³/mol. The van der Waals surface area contributed by atoms with Crippen molar-refractivity contribution in [3.63, 3.8) is 0 Å². The van der Waals surface area contributed by atoms with Crippen molar-refractivity contribution in [2.24, 2.45) is 5.41 Å². The fourth-order valence-electron chi connectivity index (χ4n) is 2.13. The number of hydrogen-bond donors (Lipinski definition) is 1. The molecule has 0 bridgehead atoms. The van der Waals surface area contributed by atoms with Crippen molar-refractivity contribution in [2.45, 2.75) is 31.2 Å². The molecule has 0 aliphatic heterocycles. The number of nitrogens with one attached hydrogen (secondary N) is 1. The molecule has 3 rings (SSSR count). The number of thiazole rings is 1. The summed E-state index contributed by atoms with van der Waals surface area (Å²) in [5.74, 6) is 0. The number of sulfonamides is 1. The lowest BCUT2D eigenvalue weighted by molar-refractivity contribution is 0.475. The highest BCUT2D eigenvalue weighted by Gasteiger charge is 2.41. The normalized spacial score (nSPS) is 18.0. The topological polar surface area (TPSA) is 63.5 Å². The number of nitrogens with zero attached hydrogens (tertiary/aromatic N) is 2. The average Bonchev–Trinajstić information content (AvgIpc) is 2.90. The molecule has 1 N–H and O–H groups in total. The standard InChI is InChI=1S/C11H14ClN3O2S2/c1-2-11(3-4-11)7-13-19(16,17)9-8(12)14-10-15(9)5-6-18-10/h5-6,13H,2-4,7H2,1H3. The minimum Gasteiger partial charge on any atom is -0.279 e. The van der Waals surface area contributed by atoms with Crippen molar-refractivity contribution in [1.82, 2.24) is 14.1 Å². The lowest BCUT2D eigenvalue weighted by Crippen LogP contribution is -2.31. The third kappa shape index (κ3) is 2.29. The van der Waals surface area contributed by atoms with Crippen molar-refractivity contribution in [1.29, 1.82) is 0 Å². The minimum absolute atomic E-state index is 0.0284. The van der Waals surface area contributed by atoms with Gasteiger partial charge in [0.25, 0.3) is 10.0 Å². The molecule has 5 nitrogen and oxygen atoms in total. The lowest BCUT2D eigenvalue weighted by Gasteiger charge is -2.13. The molecule has 2 heterocycles. The van der Waals surface area contributed by atoms with Gasteiger partial charge in [0.15, 0.2) is 15.1 Å². The molecule has 0 atom stereocenters. The Hall–Kier alpha value is -0.630. The van der Waals surface area contributed by atoms with E-state index in [0.29, 0.717) is 11.5 Å². The second-order valence-corrected chi connectivity index (χ2v) is 7.85. The summed E-state index contributed by atoms with van der Waals surface area (Å²) in [6.07, 6.45) is 4.82. The second-order valence-electron chi connectivity index (χ2n) is 4.94. The highest BCUT2D eigenvalue weighted by molar-refractivity contribution is 7.89. The van der Waals surface area contributed by atoms with Crippen LogP contribution in [-0.2, 0) is 10.0 Å². The Morgan fingerprint density at radius 1 is 1.58 bits per heavy atom. The molecule has 0 saturated heterocycles. The number of aromatic nitrogens is 2. The largest absolute Gasteiger partial charge is 0.279 e. The van der Waals surface area contributed by atoms with E-state index in [1.165, 1.54) is 15.7 Å². The van der Waals surface area contributed by atoms with Crippen molar-refractivity contribution < 1.29 is 8.42 Å². The Balaban J connectivity index is 1.91. The van der Waals surface area contributed by atoms with Gasteiger partial charge in [-0.25, -0.2) is 18.1 Å². The number of halogens is 1. The van der Waals surface area contributed by atoms with Gasteiger partial charge < -0.3 is 0 Å². The van der Waals surface area contributed by atoms with Crippen molar-refractivity contribution in [2.75, 3.05) is 6.54 Å². The van der Waals surface area contributed by atoms with Gasteiger partial charge in [0.1, 0.15) is 0 Å². The van der Waals surface area contributed by atoms with Crippen LogP contribution in [0.1, 0.15) is 26.2 Å². The van der Waals surface area contributed by atoms with Crippen LogP contribution in [0.4, 0.5) is 0 Å². The molecule has 19 heavy (non-hydrogen) atoms. The molecule has 0 aromatic carbocycles. The van der Waals surface area contributed by atoms with Gasteiger partial charge in [-0.2, -0.15) is 0 Å². The van der Waals surface area contributed by atoms with Gasteiger partial charge in [-0.1, -0.05) is 18.5 Å². The van der Waals surface area contributed by atoms with Crippen molar-refractivity contribution in [3.8, 4) is 0 Å². The van der Waals surface area contributed by atoms with Crippen LogP contribution in [0.25, 0.3) is 4.96 Å². The molecule has 1 saturated carbocycles. The summed E-state index contributed by atoms with van der Waals surface area (Å²) in [7, 11) is -3.62. The van der Waals surface area contributed by atoms with E-state index in [9.17, 15) is 8.42 Å².